The third-order valence-electron chi connectivity index (χ3n) is 3.39. The van der Waals surface area contributed by atoms with Gasteiger partial charge in [0.15, 0.2) is 11.5 Å². The fraction of sp³-hybridized carbons (Fsp3) is 0.188. The highest BCUT2D eigenvalue weighted by Crippen LogP contribution is 2.27. The highest BCUT2D eigenvalue weighted by molar-refractivity contribution is 7.89. The standard InChI is InChI=1S/C16H19N3O4S.ClH/c1-22-14-8-3-11(9-15(14)23-2)10-19-24(20,21)13-6-4-12(5-7-13)16(17)18;/h3-9,19H,10H2,1-2H3,(H3,17,18);1H. The third kappa shape index (κ3) is 5.09. The van der Waals surface area contributed by atoms with Crippen LogP contribution in [0.3, 0.4) is 0 Å². The summed E-state index contributed by atoms with van der Waals surface area (Å²) in [6, 6.07) is 11.0. The van der Waals surface area contributed by atoms with E-state index in [1.54, 1.807) is 18.2 Å². The normalized spacial score (nSPS) is 10.6. The molecule has 0 saturated carbocycles. The van der Waals surface area contributed by atoms with Gasteiger partial charge in [-0.1, -0.05) is 6.07 Å². The van der Waals surface area contributed by atoms with Crippen LogP contribution in [-0.2, 0) is 16.6 Å². The van der Waals surface area contributed by atoms with E-state index in [1.807, 2.05) is 0 Å². The van der Waals surface area contributed by atoms with Gasteiger partial charge in [0, 0.05) is 12.1 Å². The predicted octanol–water partition coefficient (Wildman–Crippen LogP) is 1.89. The van der Waals surface area contributed by atoms with Crippen molar-refractivity contribution in [2.45, 2.75) is 11.4 Å². The largest absolute Gasteiger partial charge is 0.493 e. The fourth-order valence-electron chi connectivity index (χ4n) is 2.07. The average molecular weight is 386 g/mol. The van der Waals surface area contributed by atoms with Crippen LogP contribution in [-0.4, -0.2) is 28.5 Å². The lowest BCUT2D eigenvalue weighted by Gasteiger charge is -2.11. The molecule has 0 heterocycles. The number of nitrogens with one attached hydrogen (secondary N) is 2. The monoisotopic (exact) mass is 385 g/mol. The number of nitrogens with two attached hydrogens (primary N) is 1. The first kappa shape index (κ1) is 20.8. The molecule has 2 aromatic rings. The number of hydrogen-bond acceptors (Lipinski definition) is 5. The quantitative estimate of drug-likeness (QED) is 0.497. The second kappa shape index (κ2) is 8.70. The van der Waals surface area contributed by atoms with E-state index >= 15 is 0 Å². The molecule has 7 nitrogen and oxygen atoms in total. The van der Waals surface area contributed by atoms with Crippen LogP contribution >= 0.6 is 12.4 Å². The molecule has 0 saturated heterocycles. The van der Waals surface area contributed by atoms with Crippen molar-refractivity contribution in [1.82, 2.24) is 4.72 Å². The highest BCUT2D eigenvalue weighted by atomic mass is 35.5. The van der Waals surface area contributed by atoms with E-state index in [-0.39, 0.29) is 29.7 Å². The molecule has 9 heteroatoms. The molecule has 0 aliphatic carbocycles. The first-order valence-electron chi connectivity index (χ1n) is 7.02. The zero-order valence-corrected chi connectivity index (χ0v) is 15.4. The Morgan fingerprint density at radius 1 is 1.08 bits per heavy atom. The van der Waals surface area contributed by atoms with Gasteiger partial charge in [-0.25, -0.2) is 13.1 Å². The minimum absolute atomic E-state index is 0. The SMILES string of the molecule is COc1ccc(CNS(=O)(=O)c2ccc(C(=N)N)cc2)cc1OC.Cl. The summed E-state index contributed by atoms with van der Waals surface area (Å²) >= 11 is 0. The van der Waals surface area contributed by atoms with Gasteiger partial charge < -0.3 is 15.2 Å². The fourth-order valence-corrected chi connectivity index (χ4v) is 3.08. The average Bonchev–Trinajstić information content (AvgIpc) is 2.59. The van der Waals surface area contributed by atoms with Crippen LogP contribution in [0.2, 0.25) is 0 Å². The second-order valence-electron chi connectivity index (χ2n) is 4.95. The molecule has 0 unspecified atom stereocenters. The summed E-state index contributed by atoms with van der Waals surface area (Å²) in [5.41, 5.74) is 6.55. The number of ether oxygens (including phenoxy) is 2. The molecule has 136 valence electrons. The molecular weight excluding hydrogens is 366 g/mol. The maximum absolute atomic E-state index is 12.3. The lowest BCUT2D eigenvalue weighted by atomic mass is 10.2. The van der Waals surface area contributed by atoms with Crippen molar-refractivity contribution in [2.75, 3.05) is 14.2 Å². The molecule has 0 aromatic heterocycles. The van der Waals surface area contributed by atoms with Crippen molar-refractivity contribution in [3.05, 3.63) is 53.6 Å². The van der Waals surface area contributed by atoms with Gasteiger partial charge in [0.25, 0.3) is 0 Å². The van der Waals surface area contributed by atoms with Crippen LogP contribution in [0.15, 0.2) is 47.4 Å². The van der Waals surface area contributed by atoms with Crippen molar-refractivity contribution in [3.8, 4) is 11.5 Å². The van der Waals surface area contributed by atoms with Crippen molar-refractivity contribution in [2.24, 2.45) is 5.73 Å². The third-order valence-corrected chi connectivity index (χ3v) is 4.81. The molecular formula is C16H20ClN3O4S. The summed E-state index contributed by atoms with van der Waals surface area (Å²) in [6.45, 7) is 0.108. The van der Waals surface area contributed by atoms with Gasteiger partial charge in [-0.3, -0.25) is 5.41 Å². The lowest BCUT2D eigenvalue weighted by Crippen LogP contribution is -2.23. The minimum atomic E-state index is -3.67. The van der Waals surface area contributed by atoms with Crippen LogP contribution < -0.4 is 19.9 Å². The van der Waals surface area contributed by atoms with Gasteiger partial charge in [-0.2, -0.15) is 0 Å². The zero-order valence-electron chi connectivity index (χ0n) is 13.8. The Hall–Kier alpha value is -2.29. The molecule has 2 aromatic carbocycles. The molecule has 25 heavy (non-hydrogen) atoms. The topological polar surface area (TPSA) is 114 Å². The first-order valence-corrected chi connectivity index (χ1v) is 8.50. The van der Waals surface area contributed by atoms with Crippen LogP contribution in [0.25, 0.3) is 0 Å². The molecule has 0 radical (unpaired) electrons. The van der Waals surface area contributed by atoms with E-state index in [0.29, 0.717) is 17.1 Å². The smallest absolute Gasteiger partial charge is 0.240 e. The Balaban J connectivity index is 0.00000312. The molecule has 0 aliphatic heterocycles. The van der Waals surface area contributed by atoms with E-state index in [9.17, 15) is 8.42 Å². The molecule has 0 spiro atoms. The Labute approximate surface area is 153 Å². The van der Waals surface area contributed by atoms with Gasteiger partial charge in [0.05, 0.1) is 19.1 Å². The maximum Gasteiger partial charge on any atom is 0.240 e. The number of halogens is 1. The molecule has 0 bridgehead atoms. The van der Waals surface area contributed by atoms with Crippen molar-refractivity contribution >= 4 is 28.3 Å². The highest BCUT2D eigenvalue weighted by Gasteiger charge is 2.14. The number of sulfonamides is 1. The van der Waals surface area contributed by atoms with E-state index in [2.05, 4.69) is 4.72 Å². The first-order chi connectivity index (χ1) is 11.4. The maximum atomic E-state index is 12.3. The van der Waals surface area contributed by atoms with Crippen LogP contribution in [0.4, 0.5) is 0 Å². The number of rotatable bonds is 7. The molecule has 0 fully saturated rings. The Bertz CT molecular complexity index is 839. The number of amidine groups is 1. The lowest BCUT2D eigenvalue weighted by molar-refractivity contribution is 0.354. The number of nitrogen functional groups attached to an aromatic ring is 1. The molecule has 0 atom stereocenters. The van der Waals surface area contributed by atoms with Gasteiger partial charge in [0.2, 0.25) is 10.0 Å². The second-order valence-corrected chi connectivity index (χ2v) is 6.72. The Morgan fingerprint density at radius 2 is 1.68 bits per heavy atom. The van der Waals surface area contributed by atoms with Gasteiger partial charge in [-0.05, 0) is 42.0 Å². The molecule has 4 N–H and O–H groups in total. The van der Waals surface area contributed by atoms with Crippen molar-refractivity contribution in [3.63, 3.8) is 0 Å². The number of hydrogen-bond donors (Lipinski definition) is 3. The zero-order chi connectivity index (χ0) is 17.7. The predicted molar refractivity (Wildman–Crippen MR) is 98.3 cm³/mol. The summed E-state index contributed by atoms with van der Waals surface area (Å²) in [7, 11) is -0.621. The van der Waals surface area contributed by atoms with Gasteiger partial charge in [-0.15, -0.1) is 12.4 Å². The van der Waals surface area contributed by atoms with Crippen LogP contribution in [0.1, 0.15) is 11.1 Å². The molecule has 0 amide bonds. The Kier molecular flexibility index (Phi) is 7.22. The van der Waals surface area contributed by atoms with Gasteiger partial charge in [0.1, 0.15) is 5.84 Å². The summed E-state index contributed by atoms with van der Waals surface area (Å²) in [5, 5.41) is 7.32. The van der Waals surface area contributed by atoms with Crippen LogP contribution in [0, 0.1) is 5.41 Å². The summed E-state index contributed by atoms with van der Waals surface area (Å²) < 4.78 is 37.5. The minimum Gasteiger partial charge on any atom is -0.493 e. The van der Waals surface area contributed by atoms with Crippen LogP contribution in [0.5, 0.6) is 11.5 Å². The number of methoxy groups -OCH3 is 2. The van der Waals surface area contributed by atoms with E-state index in [4.69, 9.17) is 20.6 Å². The van der Waals surface area contributed by atoms with Crippen molar-refractivity contribution < 1.29 is 17.9 Å². The van der Waals surface area contributed by atoms with E-state index in [1.165, 1.54) is 38.5 Å². The van der Waals surface area contributed by atoms with E-state index in [0.717, 1.165) is 5.56 Å². The van der Waals surface area contributed by atoms with Crippen molar-refractivity contribution in [1.29, 1.82) is 5.41 Å². The molecule has 2 rings (SSSR count). The molecule has 0 aliphatic rings. The Morgan fingerprint density at radius 3 is 2.20 bits per heavy atom. The summed E-state index contributed by atoms with van der Waals surface area (Å²) in [6.07, 6.45) is 0. The van der Waals surface area contributed by atoms with E-state index < -0.39 is 10.0 Å². The number of benzene rings is 2. The summed E-state index contributed by atoms with van der Waals surface area (Å²) in [4.78, 5) is 0.105. The van der Waals surface area contributed by atoms with Gasteiger partial charge >= 0.3 is 0 Å². The summed E-state index contributed by atoms with van der Waals surface area (Å²) in [5.74, 6) is 0.987.